The molecule has 0 aliphatic heterocycles. The van der Waals surface area contributed by atoms with E-state index in [1.165, 1.54) is 5.56 Å². The van der Waals surface area contributed by atoms with E-state index in [9.17, 15) is 10.1 Å². The number of non-ortho nitro benzene ring substituents is 1. The summed E-state index contributed by atoms with van der Waals surface area (Å²) in [6.07, 6.45) is 0. The SMILES string of the molecule is CC(C)c1ccc([N+](=O)[O-])cc1C(C)C.N[SH](=O)=O. The van der Waals surface area contributed by atoms with E-state index in [4.69, 9.17) is 8.42 Å². The second-order valence-corrected chi connectivity index (χ2v) is 5.24. The van der Waals surface area contributed by atoms with E-state index in [1.807, 2.05) is 6.07 Å². The van der Waals surface area contributed by atoms with Crippen molar-refractivity contribution < 1.29 is 13.3 Å². The summed E-state index contributed by atoms with van der Waals surface area (Å²) in [5, 5.41) is 14.7. The van der Waals surface area contributed by atoms with Gasteiger partial charge in [-0.3, -0.25) is 10.1 Å². The van der Waals surface area contributed by atoms with Crippen LogP contribution in [-0.4, -0.2) is 13.3 Å². The van der Waals surface area contributed by atoms with Gasteiger partial charge in [-0.25, -0.2) is 13.6 Å². The van der Waals surface area contributed by atoms with Crippen molar-refractivity contribution >= 4 is 16.6 Å². The fourth-order valence-electron chi connectivity index (χ4n) is 1.70. The smallest absolute Gasteiger partial charge is 0.258 e. The highest BCUT2D eigenvalue weighted by molar-refractivity contribution is 7.69. The molecule has 0 aliphatic rings. The Morgan fingerprint density at radius 3 is 1.84 bits per heavy atom. The summed E-state index contributed by atoms with van der Waals surface area (Å²) in [4.78, 5) is 10.3. The van der Waals surface area contributed by atoms with Crippen molar-refractivity contribution in [1.82, 2.24) is 0 Å². The Morgan fingerprint density at radius 2 is 1.53 bits per heavy atom. The van der Waals surface area contributed by atoms with Gasteiger partial charge in [-0.15, -0.1) is 0 Å². The average molecular weight is 288 g/mol. The number of rotatable bonds is 3. The molecule has 19 heavy (non-hydrogen) atoms. The van der Waals surface area contributed by atoms with Gasteiger partial charge in [0.2, 0.25) is 0 Å². The Bertz CT molecular complexity index is 502. The van der Waals surface area contributed by atoms with Crippen LogP contribution in [0.25, 0.3) is 0 Å². The Hall–Kier alpha value is -1.47. The molecule has 0 aromatic heterocycles. The monoisotopic (exact) mass is 288 g/mol. The predicted molar refractivity (Wildman–Crippen MR) is 75.8 cm³/mol. The molecule has 0 spiro atoms. The molecular weight excluding hydrogens is 268 g/mol. The van der Waals surface area contributed by atoms with Crippen LogP contribution in [0.5, 0.6) is 0 Å². The molecule has 108 valence electrons. The number of nitro groups is 1. The van der Waals surface area contributed by atoms with Gasteiger partial charge < -0.3 is 0 Å². The first-order chi connectivity index (χ1) is 8.66. The minimum atomic E-state index is -2.62. The summed E-state index contributed by atoms with van der Waals surface area (Å²) >= 11 is 0. The van der Waals surface area contributed by atoms with Crippen LogP contribution in [0.1, 0.15) is 50.7 Å². The van der Waals surface area contributed by atoms with Gasteiger partial charge in [0.1, 0.15) is 0 Å². The zero-order chi connectivity index (χ0) is 15.2. The molecule has 0 unspecified atom stereocenters. The van der Waals surface area contributed by atoms with Crippen LogP contribution in [0, 0.1) is 10.1 Å². The largest absolute Gasteiger partial charge is 0.269 e. The standard InChI is InChI=1S/C12H17NO2.H3NO2S/c1-8(2)11-6-5-10(13(14)15)7-12(11)9(3)4;1-4(2)3/h5-9H,1-4H3;4H,(H2,1,2,3). The number of nitro benzene ring substituents is 1. The van der Waals surface area contributed by atoms with Crippen LogP contribution in [-0.2, 0) is 10.9 Å². The third-order valence-corrected chi connectivity index (χ3v) is 2.53. The number of hydrogen-bond donors (Lipinski definition) is 2. The molecule has 1 aromatic carbocycles. The number of nitrogens with two attached hydrogens (primary N) is 1. The van der Waals surface area contributed by atoms with Crippen LogP contribution >= 0.6 is 0 Å². The fourth-order valence-corrected chi connectivity index (χ4v) is 1.70. The molecule has 0 atom stereocenters. The van der Waals surface area contributed by atoms with E-state index in [0.29, 0.717) is 11.8 Å². The summed E-state index contributed by atoms with van der Waals surface area (Å²) in [5.41, 5.74) is 2.47. The van der Waals surface area contributed by atoms with Gasteiger partial charge >= 0.3 is 0 Å². The molecule has 0 bridgehead atoms. The zero-order valence-corrected chi connectivity index (χ0v) is 12.4. The molecular formula is C12H20N2O4S. The van der Waals surface area contributed by atoms with Crippen LogP contribution in [0.3, 0.4) is 0 Å². The normalized spacial score (nSPS) is 10.5. The van der Waals surface area contributed by atoms with Crippen molar-refractivity contribution in [2.24, 2.45) is 5.14 Å². The Kier molecular flexibility index (Phi) is 7.25. The van der Waals surface area contributed by atoms with Crippen LogP contribution < -0.4 is 5.14 Å². The minimum absolute atomic E-state index is 0.183. The first kappa shape index (κ1) is 17.5. The highest BCUT2D eigenvalue weighted by Gasteiger charge is 2.14. The van der Waals surface area contributed by atoms with Crippen molar-refractivity contribution in [2.45, 2.75) is 39.5 Å². The predicted octanol–water partition coefficient (Wildman–Crippen LogP) is 2.31. The molecule has 0 amide bonds. The number of benzene rings is 1. The first-order valence-electron chi connectivity index (χ1n) is 5.84. The lowest BCUT2D eigenvalue weighted by Gasteiger charge is -2.15. The van der Waals surface area contributed by atoms with Gasteiger partial charge in [-0.05, 0) is 23.0 Å². The lowest BCUT2D eigenvalue weighted by Crippen LogP contribution is -2.00. The van der Waals surface area contributed by atoms with E-state index in [1.54, 1.807) is 12.1 Å². The van der Waals surface area contributed by atoms with Crippen LogP contribution in [0.2, 0.25) is 0 Å². The lowest BCUT2D eigenvalue weighted by molar-refractivity contribution is -0.384. The third kappa shape index (κ3) is 6.30. The molecule has 0 aliphatic carbocycles. The van der Waals surface area contributed by atoms with Gasteiger partial charge in [-0.2, -0.15) is 0 Å². The second kappa shape index (κ2) is 7.85. The summed E-state index contributed by atoms with van der Waals surface area (Å²) in [6, 6.07) is 5.15. The molecule has 0 saturated carbocycles. The quantitative estimate of drug-likeness (QED) is 0.506. The minimum Gasteiger partial charge on any atom is -0.258 e. The Labute approximate surface area is 114 Å². The molecule has 2 N–H and O–H groups in total. The van der Waals surface area contributed by atoms with Crippen molar-refractivity contribution in [2.75, 3.05) is 0 Å². The third-order valence-electron chi connectivity index (χ3n) is 2.53. The van der Waals surface area contributed by atoms with Crippen LogP contribution in [0.4, 0.5) is 5.69 Å². The number of thiol groups is 1. The molecule has 0 fully saturated rings. The number of nitrogens with zero attached hydrogens (tertiary/aromatic N) is 1. The van der Waals surface area contributed by atoms with Crippen molar-refractivity contribution in [3.63, 3.8) is 0 Å². The van der Waals surface area contributed by atoms with Gasteiger partial charge in [-0.1, -0.05) is 33.8 Å². The highest BCUT2D eigenvalue weighted by atomic mass is 32.2. The molecule has 1 rings (SSSR count). The fraction of sp³-hybridized carbons (Fsp3) is 0.500. The summed E-state index contributed by atoms with van der Waals surface area (Å²) in [6.45, 7) is 8.33. The van der Waals surface area contributed by atoms with Crippen molar-refractivity contribution in [1.29, 1.82) is 0 Å². The van der Waals surface area contributed by atoms with E-state index in [0.717, 1.165) is 5.56 Å². The molecule has 6 nitrogen and oxygen atoms in total. The highest BCUT2D eigenvalue weighted by Crippen LogP contribution is 2.29. The van der Waals surface area contributed by atoms with E-state index in [-0.39, 0.29) is 10.6 Å². The van der Waals surface area contributed by atoms with Gasteiger partial charge in [0.05, 0.1) is 4.92 Å². The summed E-state index contributed by atoms with van der Waals surface area (Å²) < 4.78 is 17.6. The molecule has 7 heteroatoms. The topological polar surface area (TPSA) is 103 Å². The van der Waals surface area contributed by atoms with E-state index < -0.39 is 10.9 Å². The van der Waals surface area contributed by atoms with E-state index >= 15 is 0 Å². The van der Waals surface area contributed by atoms with Gasteiger partial charge in [0.25, 0.3) is 5.69 Å². The second-order valence-electron chi connectivity index (χ2n) is 4.67. The van der Waals surface area contributed by atoms with Gasteiger partial charge in [0.15, 0.2) is 10.9 Å². The number of hydrogen-bond acceptors (Lipinski definition) is 4. The summed E-state index contributed by atoms with van der Waals surface area (Å²) in [7, 11) is -2.62. The summed E-state index contributed by atoms with van der Waals surface area (Å²) in [5.74, 6) is 0.727. The molecule has 0 saturated heterocycles. The van der Waals surface area contributed by atoms with Crippen molar-refractivity contribution in [3.8, 4) is 0 Å². The Balaban J connectivity index is 0.000000711. The van der Waals surface area contributed by atoms with Crippen LogP contribution in [0.15, 0.2) is 18.2 Å². The maximum atomic E-state index is 10.7. The Morgan fingerprint density at radius 1 is 1.11 bits per heavy atom. The van der Waals surface area contributed by atoms with E-state index in [2.05, 4.69) is 32.8 Å². The maximum Gasteiger partial charge on any atom is 0.269 e. The average Bonchev–Trinajstić information content (AvgIpc) is 2.27. The van der Waals surface area contributed by atoms with Crippen molar-refractivity contribution in [3.05, 3.63) is 39.4 Å². The lowest BCUT2D eigenvalue weighted by atomic mass is 9.90. The zero-order valence-electron chi connectivity index (χ0n) is 11.5. The molecule has 0 heterocycles. The maximum absolute atomic E-state index is 10.7. The molecule has 1 aromatic rings. The van der Waals surface area contributed by atoms with Gasteiger partial charge in [0, 0.05) is 12.1 Å². The first-order valence-corrected chi connectivity index (χ1v) is 7.08. The molecule has 0 radical (unpaired) electrons.